The highest BCUT2D eigenvalue weighted by Crippen LogP contribution is 2.58. The summed E-state index contributed by atoms with van der Waals surface area (Å²) in [5, 5.41) is 8.35. The summed E-state index contributed by atoms with van der Waals surface area (Å²) in [6, 6.07) is 0. The first-order chi connectivity index (χ1) is 11.4. The summed E-state index contributed by atoms with van der Waals surface area (Å²) in [7, 11) is 0. The van der Waals surface area contributed by atoms with Crippen LogP contribution in [0.25, 0.3) is 0 Å². The quantitative estimate of drug-likeness (QED) is 0.822. The Hall–Kier alpha value is -1.64. The molecule has 1 unspecified atom stereocenters. The molecule has 0 bridgehead atoms. The standard InChI is InChI=1S/C15H19F3N4O2/c16-15(17,18)14(4-5-14)13(23)21-6-3-11-19-20-12(22(11)8-7-21)10-2-1-9-24-10/h10H,1-9H2. The number of nitrogens with zero attached hydrogens (tertiary/aromatic N) is 4. The molecule has 24 heavy (non-hydrogen) atoms. The summed E-state index contributed by atoms with van der Waals surface area (Å²) >= 11 is 0. The van der Waals surface area contributed by atoms with Crippen molar-refractivity contribution in [2.24, 2.45) is 5.41 Å². The number of rotatable bonds is 2. The second-order valence-electron chi connectivity index (χ2n) is 6.75. The number of ether oxygens (including phenoxy) is 1. The number of amides is 1. The fourth-order valence-corrected chi connectivity index (χ4v) is 3.61. The first kappa shape index (κ1) is 15.9. The van der Waals surface area contributed by atoms with Gasteiger partial charge in [0.2, 0.25) is 5.91 Å². The predicted molar refractivity (Wildman–Crippen MR) is 76.0 cm³/mol. The summed E-state index contributed by atoms with van der Waals surface area (Å²) < 4.78 is 47.1. The molecule has 4 rings (SSSR count). The van der Waals surface area contributed by atoms with Gasteiger partial charge in [-0.25, -0.2) is 0 Å². The Morgan fingerprint density at radius 2 is 2.00 bits per heavy atom. The van der Waals surface area contributed by atoms with Crippen LogP contribution in [0.15, 0.2) is 0 Å². The van der Waals surface area contributed by atoms with E-state index in [9.17, 15) is 18.0 Å². The molecular formula is C15H19F3N4O2. The van der Waals surface area contributed by atoms with E-state index >= 15 is 0 Å². The minimum absolute atomic E-state index is 0.0981. The van der Waals surface area contributed by atoms with E-state index in [0.29, 0.717) is 25.4 Å². The molecule has 9 heteroatoms. The largest absolute Gasteiger partial charge is 0.403 e. The molecule has 1 aliphatic carbocycles. The van der Waals surface area contributed by atoms with Crippen LogP contribution in [-0.4, -0.2) is 51.4 Å². The van der Waals surface area contributed by atoms with Gasteiger partial charge in [0.05, 0.1) is 0 Å². The van der Waals surface area contributed by atoms with Crippen molar-refractivity contribution in [3.05, 3.63) is 11.6 Å². The highest BCUT2D eigenvalue weighted by atomic mass is 19.4. The summed E-state index contributed by atoms with van der Waals surface area (Å²) in [6.45, 7) is 1.60. The predicted octanol–water partition coefficient (Wildman–Crippen LogP) is 1.86. The van der Waals surface area contributed by atoms with Crippen molar-refractivity contribution in [1.82, 2.24) is 19.7 Å². The van der Waals surface area contributed by atoms with Crippen molar-refractivity contribution in [3.8, 4) is 0 Å². The Balaban J connectivity index is 1.50. The Morgan fingerprint density at radius 3 is 2.62 bits per heavy atom. The first-order valence-corrected chi connectivity index (χ1v) is 8.32. The first-order valence-electron chi connectivity index (χ1n) is 8.32. The van der Waals surface area contributed by atoms with E-state index in [2.05, 4.69) is 10.2 Å². The fraction of sp³-hybridized carbons (Fsp3) is 0.800. The van der Waals surface area contributed by atoms with E-state index in [4.69, 9.17) is 4.74 Å². The lowest BCUT2D eigenvalue weighted by atomic mass is 10.0. The second-order valence-corrected chi connectivity index (χ2v) is 6.75. The third-order valence-electron chi connectivity index (χ3n) is 5.26. The summed E-state index contributed by atoms with van der Waals surface area (Å²) in [5.41, 5.74) is -2.14. The number of carbonyl (C=O) groups is 1. The molecule has 3 aliphatic rings. The zero-order chi connectivity index (χ0) is 16.9. The van der Waals surface area contributed by atoms with Crippen molar-refractivity contribution in [1.29, 1.82) is 0 Å². The highest BCUT2D eigenvalue weighted by molar-refractivity contribution is 5.86. The normalized spacial score (nSPS) is 26.1. The minimum Gasteiger partial charge on any atom is -0.370 e. The van der Waals surface area contributed by atoms with Crippen molar-refractivity contribution in [2.45, 2.75) is 50.9 Å². The Bertz CT molecular complexity index is 648. The fourth-order valence-electron chi connectivity index (χ4n) is 3.61. The zero-order valence-electron chi connectivity index (χ0n) is 13.2. The van der Waals surface area contributed by atoms with Crippen molar-refractivity contribution in [3.63, 3.8) is 0 Å². The van der Waals surface area contributed by atoms with Gasteiger partial charge >= 0.3 is 6.18 Å². The van der Waals surface area contributed by atoms with Gasteiger partial charge < -0.3 is 14.2 Å². The summed E-state index contributed by atoms with van der Waals surface area (Å²) in [5.74, 6) is 0.661. The van der Waals surface area contributed by atoms with Crippen LogP contribution < -0.4 is 0 Å². The molecule has 1 aromatic rings. The third kappa shape index (κ3) is 2.40. The molecule has 3 heterocycles. The second kappa shape index (κ2) is 5.44. The molecule has 0 spiro atoms. The molecule has 2 fully saturated rings. The average molecular weight is 344 g/mol. The molecule has 132 valence electrons. The van der Waals surface area contributed by atoms with Gasteiger partial charge in [-0.15, -0.1) is 10.2 Å². The molecule has 0 aromatic carbocycles. The lowest BCUT2D eigenvalue weighted by Crippen LogP contribution is -2.45. The molecule has 6 nitrogen and oxygen atoms in total. The SMILES string of the molecule is O=C(N1CCc2nnc(C3CCCO3)n2CC1)C1(C(F)(F)F)CC1. The van der Waals surface area contributed by atoms with Crippen molar-refractivity contribution >= 4 is 5.91 Å². The van der Waals surface area contributed by atoms with E-state index in [1.54, 1.807) is 0 Å². The minimum atomic E-state index is -4.46. The molecule has 0 radical (unpaired) electrons. The van der Waals surface area contributed by atoms with Crippen LogP contribution in [0.1, 0.15) is 43.4 Å². The summed E-state index contributed by atoms with van der Waals surface area (Å²) in [6.07, 6.45) is -2.51. The monoisotopic (exact) mass is 344 g/mol. The average Bonchev–Trinajstić information content (AvgIpc) is 3.10. The number of carbonyl (C=O) groups excluding carboxylic acids is 1. The van der Waals surface area contributed by atoms with Crippen LogP contribution >= 0.6 is 0 Å². The van der Waals surface area contributed by atoms with E-state index in [-0.39, 0.29) is 32.0 Å². The van der Waals surface area contributed by atoms with Gasteiger partial charge in [0, 0.05) is 32.7 Å². The molecule has 1 saturated heterocycles. The van der Waals surface area contributed by atoms with Crippen molar-refractivity contribution < 1.29 is 22.7 Å². The van der Waals surface area contributed by atoms with Gasteiger partial charge in [-0.3, -0.25) is 4.79 Å². The third-order valence-corrected chi connectivity index (χ3v) is 5.26. The van der Waals surface area contributed by atoms with Crippen LogP contribution in [0.2, 0.25) is 0 Å². The smallest absolute Gasteiger partial charge is 0.370 e. The Labute approximate surface area is 137 Å². The highest BCUT2D eigenvalue weighted by Gasteiger charge is 2.69. The molecular weight excluding hydrogens is 325 g/mol. The van der Waals surface area contributed by atoms with Gasteiger partial charge in [-0.1, -0.05) is 0 Å². The van der Waals surface area contributed by atoms with Gasteiger partial charge in [0.1, 0.15) is 17.3 Å². The molecule has 1 atom stereocenters. The van der Waals surface area contributed by atoms with E-state index in [1.807, 2.05) is 4.57 Å². The van der Waals surface area contributed by atoms with E-state index in [1.165, 1.54) is 4.90 Å². The molecule has 1 amide bonds. The number of alkyl halides is 3. The maximum absolute atomic E-state index is 13.2. The number of fused-ring (bicyclic) bond motifs is 1. The van der Waals surface area contributed by atoms with Gasteiger partial charge in [0.15, 0.2) is 5.82 Å². The molecule has 1 saturated carbocycles. The number of hydrogen-bond acceptors (Lipinski definition) is 4. The number of halogens is 3. The van der Waals surface area contributed by atoms with E-state index in [0.717, 1.165) is 18.7 Å². The van der Waals surface area contributed by atoms with Crippen molar-refractivity contribution in [2.75, 3.05) is 19.7 Å². The number of hydrogen-bond donors (Lipinski definition) is 0. The van der Waals surface area contributed by atoms with Crippen LogP contribution in [0.3, 0.4) is 0 Å². The molecule has 0 N–H and O–H groups in total. The van der Waals surface area contributed by atoms with Gasteiger partial charge in [-0.2, -0.15) is 13.2 Å². The molecule has 1 aromatic heterocycles. The Morgan fingerprint density at radius 1 is 1.21 bits per heavy atom. The number of aromatic nitrogens is 3. The van der Waals surface area contributed by atoms with Gasteiger partial charge in [-0.05, 0) is 25.7 Å². The Kier molecular flexibility index (Phi) is 3.59. The summed E-state index contributed by atoms with van der Waals surface area (Å²) in [4.78, 5) is 13.8. The lowest BCUT2D eigenvalue weighted by Gasteiger charge is -2.27. The van der Waals surface area contributed by atoms with Crippen LogP contribution in [-0.2, 0) is 22.5 Å². The van der Waals surface area contributed by atoms with Crippen LogP contribution in [0, 0.1) is 5.41 Å². The van der Waals surface area contributed by atoms with E-state index < -0.39 is 17.5 Å². The van der Waals surface area contributed by atoms with Gasteiger partial charge in [0.25, 0.3) is 0 Å². The topological polar surface area (TPSA) is 60.3 Å². The lowest BCUT2D eigenvalue weighted by molar-refractivity contribution is -0.198. The van der Waals surface area contributed by atoms with Crippen LogP contribution in [0.5, 0.6) is 0 Å². The maximum Gasteiger partial charge on any atom is 0.403 e. The maximum atomic E-state index is 13.2. The molecule has 2 aliphatic heterocycles. The zero-order valence-corrected chi connectivity index (χ0v) is 13.2. The van der Waals surface area contributed by atoms with Crippen LogP contribution in [0.4, 0.5) is 13.2 Å².